The van der Waals surface area contributed by atoms with Crippen LogP contribution in [0.1, 0.15) is 12.0 Å². The number of benzene rings is 1. The standard InChI is InChI=1S/C12H15Br2FO2S/c1-18(16,17)7-6-12(8-13,9-14)10-4-2-3-5-11(10)15/h2-5H,6-9H2,1H3. The number of hydrogen-bond acceptors (Lipinski definition) is 2. The molecule has 0 aliphatic carbocycles. The summed E-state index contributed by atoms with van der Waals surface area (Å²) in [5.74, 6) is -0.261. The van der Waals surface area contributed by atoms with E-state index in [4.69, 9.17) is 0 Å². The summed E-state index contributed by atoms with van der Waals surface area (Å²) >= 11 is 6.76. The first-order valence-corrected chi connectivity index (χ1v) is 9.70. The molecular formula is C12H15Br2FO2S. The third kappa shape index (κ3) is 4.03. The SMILES string of the molecule is CS(=O)(=O)CCC(CBr)(CBr)c1ccccc1F. The third-order valence-corrected chi connectivity index (χ3v) is 6.00. The molecule has 0 N–H and O–H groups in total. The van der Waals surface area contributed by atoms with Crippen molar-refractivity contribution in [3.63, 3.8) is 0 Å². The Morgan fingerprint density at radius 1 is 1.22 bits per heavy atom. The molecule has 0 aliphatic rings. The number of alkyl halides is 2. The summed E-state index contributed by atoms with van der Waals surface area (Å²) in [6, 6.07) is 6.50. The van der Waals surface area contributed by atoms with Crippen molar-refractivity contribution in [2.45, 2.75) is 11.8 Å². The Morgan fingerprint density at radius 2 is 1.78 bits per heavy atom. The van der Waals surface area contributed by atoms with Crippen molar-refractivity contribution >= 4 is 41.7 Å². The van der Waals surface area contributed by atoms with Crippen LogP contribution in [-0.2, 0) is 15.3 Å². The summed E-state index contributed by atoms with van der Waals surface area (Å²) in [6.07, 6.45) is 1.57. The first-order chi connectivity index (χ1) is 8.34. The van der Waals surface area contributed by atoms with Gasteiger partial charge in [-0.1, -0.05) is 50.1 Å². The van der Waals surface area contributed by atoms with Gasteiger partial charge >= 0.3 is 0 Å². The fraction of sp³-hybridized carbons (Fsp3) is 0.500. The van der Waals surface area contributed by atoms with E-state index >= 15 is 0 Å². The molecule has 0 aromatic heterocycles. The fourth-order valence-electron chi connectivity index (χ4n) is 1.72. The van der Waals surface area contributed by atoms with Crippen LogP contribution in [0.2, 0.25) is 0 Å². The molecule has 0 fully saturated rings. The van der Waals surface area contributed by atoms with Crippen LogP contribution in [0, 0.1) is 5.82 Å². The van der Waals surface area contributed by atoms with Gasteiger partial charge in [0.25, 0.3) is 0 Å². The van der Waals surface area contributed by atoms with Crippen LogP contribution in [0.5, 0.6) is 0 Å². The highest BCUT2D eigenvalue weighted by Crippen LogP contribution is 2.34. The minimum Gasteiger partial charge on any atom is -0.229 e. The smallest absolute Gasteiger partial charge is 0.147 e. The second-order valence-electron chi connectivity index (χ2n) is 4.41. The van der Waals surface area contributed by atoms with Gasteiger partial charge in [-0.2, -0.15) is 0 Å². The Kier molecular flexibility index (Phi) is 5.80. The van der Waals surface area contributed by atoms with Crippen molar-refractivity contribution in [1.82, 2.24) is 0 Å². The van der Waals surface area contributed by atoms with E-state index in [-0.39, 0.29) is 11.6 Å². The Bertz CT molecular complexity index is 499. The van der Waals surface area contributed by atoms with Crippen molar-refractivity contribution in [3.05, 3.63) is 35.6 Å². The van der Waals surface area contributed by atoms with Gasteiger partial charge in [0, 0.05) is 22.3 Å². The van der Waals surface area contributed by atoms with Gasteiger partial charge in [-0.25, -0.2) is 12.8 Å². The monoisotopic (exact) mass is 400 g/mol. The van der Waals surface area contributed by atoms with Crippen LogP contribution < -0.4 is 0 Å². The highest BCUT2D eigenvalue weighted by molar-refractivity contribution is 9.09. The quantitative estimate of drug-likeness (QED) is 0.685. The number of halogens is 3. The maximum absolute atomic E-state index is 13.9. The van der Waals surface area contributed by atoms with Gasteiger partial charge in [-0.15, -0.1) is 0 Å². The van der Waals surface area contributed by atoms with Crippen LogP contribution in [-0.4, -0.2) is 31.1 Å². The van der Waals surface area contributed by atoms with E-state index in [9.17, 15) is 12.8 Å². The zero-order valence-corrected chi connectivity index (χ0v) is 14.0. The molecule has 1 aromatic carbocycles. The average molecular weight is 402 g/mol. The third-order valence-electron chi connectivity index (χ3n) is 2.91. The molecule has 2 nitrogen and oxygen atoms in total. The first-order valence-electron chi connectivity index (χ1n) is 5.39. The van der Waals surface area contributed by atoms with Crippen LogP contribution in [0.15, 0.2) is 24.3 Å². The first kappa shape index (κ1) is 16.1. The maximum Gasteiger partial charge on any atom is 0.147 e. The molecule has 1 rings (SSSR count). The van der Waals surface area contributed by atoms with Gasteiger partial charge < -0.3 is 0 Å². The summed E-state index contributed by atoms with van der Waals surface area (Å²) < 4.78 is 36.5. The van der Waals surface area contributed by atoms with Gasteiger partial charge in [0.1, 0.15) is 15.7 Å². The Morgan fingerprint density at radius 3 is 2.22 bits per heavy atom. The van der Waals surface area contributed by atoms with Crippen LogP contribution in [0.25, 0.3) is 0 Å². The predicted molar refractivity (Wildman–Crippen MR) is 80.0 cm³/mol. The number of hydrogen-bond donors (Lipinski definition) is 0. The van der Waals surface area contributed by atoms with E-state index in [1.165, 1.54) is 12.3 Å². The molecule has 0 aliphatic heterocycles. The lowest BCUT2D eigenvalue weighted by atomic mass is 9.82. The van der Waals surface area contributed by atoms with Crippen molar-refractivity contribution in [3.8, 4) is 0 Å². The van der Waals surface area contributed by atoms with Crippen LogP contribution in [0.3, 0.4) is 0 Å². The number of rotatable bonds is 6. The normalized spacial score (nSPS) is 12.7. The van der Waals surface area contributed by atoms with Gasteiger partial charge in [0.2, 0.25) is 0 Å². The molecular weight excluding hydrogens is 387 g/mol. The minimum absolute atomic E-state index is 0.0402. The van der Waals surface area contributed by atoms with Gasteiger partial charge in [-0.3, -0.25) is 0 Å². The highest BCUT2D eigenvalue weighted by atomic mass is 79.9. The van der Waals surface area contributed by atoms with Gasteiger partial charge in [0.15, 0.2) is 0 Å². The van der Waals surface area contributed by atoms with Crippen LogP contribution in [0.4, 0.5) is 4.39 Å². The second kappa shape index (κ2) is 6.48. The molecule has 102 valence electrons. The average Bonchev–Trinajstić information content (AvgIpc) is 2.31. The van der Waals surface area contributed by atoms with E-state index in [1.54, 1.807) is 18.2 Å². The zero-order valence-electron chi connectivity index (χ0n) is 10.00. The van der Waals surface area contributed by atoms with E-state index in [1.807, 2.05) is 0 Å². The van der Waals surface area contributed by atoms with E-state index in [0.29, 0.717) is 22.6 Å². The van der Waals surface area contributed by atoms with Gasteiger partial charge in [0.05, 0.1) is 5.75 Å². The molecule has 0 radical (unpaired) electrons. The molecule has 0 saturated heterocycles. The molecule has 6 heteroatoms. The van der Waals surface area contributed by atoms with Crippen molar-refractivity contribution in [1.29, 1.82) is 0 Å². The van der Waals surface area contributed by atoms with E-state index in [0.717, 1.165) is 0 Å². The Hall–Kier alpha value is 0.0600. The maximum atomic E-state index is 13.9. The summed E-state index contributed by atoms with van der Waals surface area (Å²) in [5.41, 5.74) is -0.00331. The summed E-state index contributed by atoms with van der Waals surface area (Å²) in [4.78, 5) is 0. The molecule has 0 unspecified atom stereocenters. The van der Waals surface area contributed by atoms with Gasteiger partial charge in [-0.05, 0) is 18.1 Å². The van der Waals surface area contributed by atoms with Crippen LogP contribution >= 0.6 is 31.9 Å². The molecule has 0 atom stereocenters. The van der Waals surface area contributed by atoms with Crippen molar-refractivity contribution < 1.29 is 12.8 Å². The fourth-order valence-corrected chi connectivity index (χ4v) is 4.57. The van der Waals surface area contributed by atoms with Crippen molar-refractivity contribution in [2.24, 2.45) is 0 Å². The second-order valence-corrected chi connectivity index (χ2v) is 7.79. The Labute approximate surface area is 124 Å². The lowest BCUT2D eigenvalue weighted by Crippen LogP contribution is -2.33. The zero-order chi connectivity index (χ0) is 13.8. The van der Waals surface area contributed by atoms with E-state index in [2.05, 4.69) is 31.9 Å². The topological polar surface area (TPSA) is 34.1 Å². The Balaban J connectivity index is 3.11. The molecule has 0 amide bonds. The molecule has 0 heterocycles. The lowest BCUT2D eigenvalue weighted by molar-refractivity contribution is 0.486. The highest BCUT2D eigenvalue weighted by Gasteiger charge is 2.33. The van der Waals surface area contributed by atoms with Crippen molar-refractivity contribution in [2.75, 3.05) is 22.7 Å². The minimum atomic E-state index is -3.06. The largest absolute Gasteiger partial charge is 0.229 e. The molecule has 1 aromatic rings. The summed E-state index contributed by atoms with van der Waals surface area (Å²) in [6.45, 7) is 0. The lowest BCUT2D eigenvalue weighted by Gasteiger charge is -2.30. The molecule has 0 bridgehead atoms. The summed E-state index contributed by atoms with van der Waals surface area (Å²) in [5, 5.41) is 1.00. The molecule has 0 saturated carbocycles. The van der Waals surface area contributed by atoms with E-state index < -0.39 is 15.3 Å². The molecule has 18 heavy (non-hydrogen) atoms. The summed E-state index contributed by atoms with van der Waals surface area (Å²) in [7, 11) is -3.06. The molecule has 0 spiro atoms. The predicted octanol–water partition coefficient (Wildman–Crippen LogP) is 3.29. The number of sulfone groups is 1.